The van der Waals surface area contributed by atoms with Gasteiger partial charge in [0.2, 0.25) is 5.89 Å². The maximum Gasteiger partial charge on any atom is 0.245 e. The van der Waals surface area contributed by atoms with Crippen LogP contribution in [0.1, 0.15) is 24.3 Å². The lowest BCUT2D eigenvalue weighted by Gasteiger charge is -2.09. The van der Waals surface area contributed by atoms with E-state index in [1.165, 1.54) is 0 Å². The summed E-state index contributed by atoms with van der Waals surface area (Å²) in [5.74, 6) is 2.08. The van der Waals surface area contributed by atoms with E-state index in [1.54, 1.807) is 4.52 Å². The second-order valence-electron chi connectivity index (χ2n) is 5.76. The van der Waals surface area contributed by atoms with E-state index in [-0.39, 0.29) is 0 Å². The Kier molecular flexibility index (Phi) is 3.89. The van der Waals surface area contributed by atoms with Gasteiger partial charge in [-0.2, -0.15) is 14.6 Å². The molecule has 1 N–H and O–H groups in total. The number of rotatable bonds is 5. The molecule has 0 aliphatic rings. The molecule has 0 unspecified atom stereocenters. The molecule has 126 valence electrons. The average Bonchev–Trinajstić information content (AvgIpc) is 3.25. The van der Waals surface area contributed by atoms with Gasteiger partial charge in [0.15, 0.2) is 11.5 Å². The van der Waals surface area contributed by atoms with Crippen molar-refractivity contribution >= 4 is 11.5 Å². The minimum Gasteiger partial charge on any atom is -0.361 e. The summed E-state index contributed by atoms with van der Waals surface area (Å²) < 4.78 is 7.03. The number of benzene rings is 1. The topological polar surface area (TPSA) is 81.1 Å². The minimum absolute atomic E-state index is 0.430. The van der Waals surface area contributed by atoms with E-state index >= 15 is 0 Å². The SMILES string of the molecule is CCc1noc(CNc2cc(-c3ccccc3)nc3cc(C)nn23)n1. The van der Waals surface area contributed by atoms with Crippen LogP contribution in [-0.2, 0) is 13.0 Å². The summed E-state index contributed by atoms with van der Waals surface area (Å²) in [6, 6.07) is 14.0. The monoisotopic (exact) mass is 334 g/mol. The van der Waals surface area contributed by atoms with Crippen molar-refractivity contribution in [2.75, 3.05) is 5.32 Å². The Bertz CT molecular complexity index is 1010. The fraction of sp³-hybridized carbons (Fsp3) is 0.222. The predicted octanol–water partition coefficient (Wildman–Crippen LogP) is 3.26. The summed E-state index contributed by atoms with van der Waals surface area (Å²) in [6.07, 6.45) is 0.750. The molecule has 0 fully saturated rings. The molecule has 0 bridgehead atoms. The Morgan fingerprint density at radius 2 is 1.96 bits per heavy atom. The third-order valence-electron chi connectivity index (χ3n) is 3.87. The number of anilines is 1. The van der Waals surface area contributed by atoms with E-state index in [1.807, 2.05) is 56.3 Å². The summed E-state index contributed by atoms with van der Waals surface area (Å²) >= 11 is 0. The van der Waals surface area contributed by atoms with Crippen molar-refractivity contribution in [3.8, 4) is 11.3 Å². The van der Waals surface area contributed by atoms with Crippen LogP contribution >= 0.6 is 0 Å². The smallest absolute Gasteiger partial charge is 0.245 e. The van der Waals surface area contributed by atoms with Crippen LogP contribution in [0.2, 0.25) is 0 Å². The van der Waals surface area contributed by atoms with Crippen molar-refractivity contribution in [2.24, 2.45) is 0 Å². The van der Waals surface area contributed by atoms with E-state index < -0.39 is 0 Å². The van der Waals surface area contributed by atoms with Gasteiger partial charge in [-0.3, -0.25) is 0 Å². The van der Waals surface area contributed by atoms with Gasteiger partial charge in [0.25, 0.3) is 0 Å². The largest absolute Gasteiger partial charge is 0.361 e. The molecule has 3 heterocycles. The highest BCUT2D eigenvalue weighted by Gasteiger charge is 2.11. The second kappa shape index (κ2) is 6.35. The first-order chi connectivity index (χ1) is 12.2. The van der Waals surface area contributed by atoms with Crippen LogP contribution in [0.25, 0.3) is 16.9 Å². The van der Waals surface area contributed by atoms with Gasteiger partial charge in [-0.1, -0.05) is 42.4 Å². The molecule has 0 amide bonds. The number of nitrogens with one attached hydrogen (secondary N) is 1. The molecule has 0 radical (unpaired) electrons. The normalized spacial score (nSPS) is 11.1. The number of hydrogen-bond acceptors (Lipinski definition) is 6. The van der Waals surface area contributed by atoms with E-state index in [0.717, 1.165) is 34.8 Å². The Balaban J connectivity index is 1.70. The summed E-state index contributed by atoms with van der Waals surface area (Å²) in [5, 5.41) is 11.8. The van der Waals surface area contributed by atoms with Gasteiger partial charge in [-0.15, -0.1) is 0 Å². The molecule has 4 rings (SSSR count). The van der Waals surface area contributed by atoms with Gasteiger partial charge in [0.1, 0.15) is 5.82 Å². The molecule has 0 atom stereocenters. The van der Waals surface area contributed by atoms with Crippen LogP contribution in [-0.4, -0.2) is 24.7 Å². The summed E-state index contributed by atoms with van der Waals surface area (Å²) in [5.41, 5.74) is 3.64. The quantitative estimate of drug-likeness (QED) is 0.603. The highest BCUT2D eigenvalue weighted by molar-refractivity contribution is 5.66. The molecule has 0 saturated heterocycles. The summed E-state index contributed by atoms with van der Waals surface area (Å²) in [6.45, 7) is 4.37. The number of nitrogens with zero attached hydrogens (tertiary/aromatic N) is 5. The number of aromatic nitrogens is 5. The van der Waals surface area contributed by atoms with Gasteiger partial charge in [-0.25, -0.2) is 4.98 Å². The first-order valence-electron chi connectivity index (χ1n) is 8.21. The van der Waals surface area contributed by atoms with Crippen LogP contribution in [0.4, 0.5) is 5.82 Å². The molecule has 1 aromatic carbocycles. The fourth-order valence-electron chi connectivity index (χ4n) is 2.64. The summed E-state index contributed by atoms with van der Waals surface area (Å²) in [7, 11) is 0. The van der Waals surface area contributed by atoms with Crippen molar-refractivity contribution in [3.63, 3.8) is 0 Å². The highest BCUT2D eigenvalue weighted by Crippen LogP contribution is 2.23. The molecule has 0 spiro atoms. The molecule has 7 heteroatoms. The van der Waals surface area contributed by atoms with Crippen LogP contribution < -0.4 is 5.32 Å². The van der Waals surface area contributed by atoms with E-state index in [0.29, 0.717) is 18.3 Å². The highest BCUT2D eigenvalue weighted by atomic mass is 16.5. The lowest BCUT2D eigenvalue weighted by atomic mass is 10.1. The lowest BCUT2D eigenvalue weighted by molar-refractivity contribution is 0.378. The standard InChI is InChI=1S/C18H18N6O/c1-3-15-21-18(25-23-15)11-19-16-10-14(13-7-5-4-6-8-13)20-17-9-12(2)22-24(16)17/h4-10,19H,3,11H2,1-2H3. The maximum absolute atomic E-state index is 5.24. The zero-order valence-electron chi connectivity index (χ0n) is 14.1. The molecule has 0 aliphatic heterocycles. The van der Waals surface area contributed by atoms with Crippen molar-refractivity contribution in [2.45, 2.75) is 26.8 Å². The molecule has 7 nitrogen and oxygen atoms in total. The maximum atomic E-state index is 5.24. The molecule has 4 aromatic rings. The molecule has 25 heavy (non-hydrogen) atoms. The minimum atomic E-state index is 0.430. The second-order valence-corrected chi connectivity index (χ2v) is 5.76. The van der Waals surface area contributed by atoms with Crippen molar-refractivity contribution in [1.29, 1.82) is 0 Å². The molecular formula is C18H18N6O. The van der Waals surface area contributed by atoms with Gasteiger partial charge in [0, 0.05) is 24.1 Å². The Morgan fingerprint density at radius 1 is 1.12 bits per heavy atom. The first-order valence-corrected chi connectivity index (χ1v) is 8.21. The van der Waals surface area contributed by atoms with Crippen LogP contribution in [0.3, 0.4) is 0 Å². The third-order valence-corrected chi connectivity index (χ3v) is 3.87. The lowest BCUT2D eigenvalue weighted by Crippen LogP contribution is -2.07. The zero-order valence-corrected chi connectivity index (χ0v) is 14.1. The van der Waals surface area contributed by atoms with E-state index in [9.17, 15) is 0 Å². The number of fused-ring (bicyclic) bond motifs is 1. The van der Waals surface area contributed by atoms with Gasteiger partial charge >= 0.3 is 0 Å². The number of hydrogen-bond donors (Lipinski definition) is 1. The van der Waals surface area contributed by atoms with Crippen LogP contribution in [0, 0.1) is 6.92 Å². The van der Waals surface area contributed by atoms with Gasteiger partial charge < -0.3 is 9.84 Å². The van der Waals surface area contributed by atoms with E-state index in [4.69, 9.17) is 9.51 Å². The van der Waals surface area contributed by atoms with Gasteiger partial charge in [-0.05, 0) is 6.92 Å². The van der Waals surface area contributed by atoms with Gasteiger partial charge in [0.05, 0.1) is 17.9 Å². The first kappa shape index (κ1) is 15.3. The van der Waals surface area contributed by atoms with Crippen molar-refractivity contribution in [3.05, 3.63) is 59.9 Å². The van der Waals surface area contributed by atoms with Crippen molar-refractivity contribution in [1.82, 2.24) is 24.7 Å². The zero-order chi connectivity index (χ0) is 17.2. The third kappa shape index (κ3) is 3.08. The fourth-order valence-corrected chi connectivity index (χ4v) is 2.64. The molecule has 3 aromatic heterocycles. The molecule has 0 saturated carbocycles. The van der Waals surface area contributed by atoms with Crippen LogP contribution in [0.5, 0.6) is 0 Å². The molecular weight excluding hydrogens is 316 g/mol. The number of aryl methyl sites for hydroxylation is 2. The Labute approximate surface area is 144 Å². The average molecular weight is 334 g/mol. The summed E-state index contributed by atoms with van der Waals surface area (Å²) in [4.78, 5) is 9.03. The van der Waals surface area contributed by atoms with Crippen molar-refractivity contribution < 1.29 is 4.52 Å². The Morgan fingerprint density at radius 3 is 2.72 bits per heavy atom. The Hall–Kier alpha value is -3.22. The van der Waals surface area contributed by atoms with E-state index in [2.05, 4.69) is 20.6 Å². The van der Waals surface area contributed by atoms with Crippen LogP contribution in [0.15, 0.2) is 47.0 Å². The molecule has 0 aliphatic carbocycles. The predicted molar refractivity (Wildman–Crippen MR) is 94.2 cm³/mol.